The molecule has 1 aliphatic rings. The first kappa shape index (κ1) is 13.0. The van der Waals surface area contributed by atoms with E-state index in [1.54, 1.807) is 0 Å². The third-order valence-corrected chi connectivity index (χ3v) is 5.36. The number of hydrogen-bond acceptors (Lipinski definition) is 3. The minimum Gasteiger partial charge on any atom is -0.317 e. The molecular formula is C11H23NO2S. The van der Waals surface area contributed by atoms with Crippen molar-refractivity contribution >= 4 is 9.84 Å². The zero-order valence-corrected chi connectivity index (χ0v) is 10.5. The molecule has 4 heteroatoms. The summed E-state index contributed by atoms with van der Waals surface area (Å²) in [6.07, 6.45) is 5.85. The molecule has 1 saturated carbocycles. The van der Waals surface area contributed by atoms with Crippen molar-refractivity contribution in [2.75, 3.05) is 18.8 Å². The van der Waals surface area contributed by atoms with E-state index in [2.05, 4.69) is 12.2 Å². The van der Waals surface area contributed by atoms with E-state index in [1.807, 2.05) is 0 Å². The molecule has 0 aromatic rings. The van der Waals surface area contributed by atoms with Crippen molar-refractivity contribution in [3.63, 3.8) is 0 Å². The van der Waals surface area contributed by atoms with Crippen molar-refractivity contribution in [2.24, 2.45) is 0 Å². The molecule has 3 nitrogen and oxygen atoms in total. The summed E-state index contributed by atoms with van der Waals surface area (Å²) >= 11 is 0. The van der Waals surface area contributed by atoms with Crippen LogP contribution in [0, 0.1) is 0 Å². The van der Waals surface area contributed by atoms with Crippen molar-refractivity contribution in [3.05, 3.63) is 0 Å². The van der Waals surface area contributed by atoms with Gasteiger partial charge in [0, 0.05) is 0 Å². The van der Waals surface area contributed by atoms with E-state index in [9.17, 15) is 8.42 Å². The van der Waals surface area contributed by atoms with E-state index in [0.29, 0.717) is 5.75 Å². The van der Waals surface area contributed by atoms with Crippen molar-refractivity contribution in [1.29, 1.82) is 0 Å². The summed E-state index contributed by atoms with van der Waals surface area (Å²) in [4.78, 5) is 0. The van der Waals surface area contributed by atoms with Crippen LogP contribution in [0.5, 0.6) is 0 Å². The fraction of sp³-hybridized carbons (Fsp3) is 1.00. The molecule has 0 amide bonds. The van der Waals surface area contributed by atoms with Crippen molar-refractivity contribution < 1.29 is 8.42 Å². The van der Waals surface area contributed by atoms with Gasteiger partial charge in [0.25, 0.3) is 0 Å². The number of sulfone groups is 1. The Balaban J connectivity index is 2.18. The molecule has 0 atom stereocenters. The minimum atomic E-state index is -2.79. The van der Waals surface area contributed by atoms with Crippen LogP contribution in [-0.2, 0) is 9.84 Å². The maximum atomic E-state index is 11.8. The minimum absolute atomic E-state index is 0.0244. The molecule has 0 aliphatic heterocycles. The highest BCUT2D eigenvalue weighted by Gasteiger charge is 2.27. The van der Waals surface area contributed by atoms with E-state index >= 15 is 0 Å². The Hall–Kier alpha value is -0.0900. The summed E-state index contributed by atoms with van der Waals surface area (Å²) in [7, 11) is -2.79. The molecule has 1 rings (SSSR count). The highest BCUT2D eigenvalue weighted by atomic mass is 32.2. The van der Waals surface area contributed by atoms with Crippen molar-refractivity contribution in [3.8, 4) is 0 Å². The largest absolute Gasteiger partial charge is 0.317 e. The van der Waals surface area contributed by atoms with Gasteiger partial charge in [-0.2, -0.15) is 0 Å². The molecule has 0 radical (unpaired) electrons. The van der Waals surface area contributed by atoms with Crippen LogP contribution in [0.2, 0.25) is 0 Å². The number of nitrogens with one attached hydrogen (secondary N) is 1. The Morgan fingerprint density at radius 3 is 2.47 bits per heavy atom. The fourth-order valence-electron chi connectivity index (χ4n) is 2.11. The van der Waals surface area contributed by atoms with Gasteiger partial charge in [-0.3, -0.25) is 0 Å². The van der Waals surface area contributed by atoms with Gasteiger partial charge in [0.1, 0.15) is 0 Å². The molecule has 0 bridgehead atoms. The first-order valence-electron chi connectivity index (χ1n) is 6.09. The summed E-state index contributed by atoms with van der Waals surface area (Å²) < 4.78 is 23.7. The molecule has 1 fully saturated rings. The third kappa shape index (κ3) is 4.51. The maximum absolute atomic E-state index is 11.8. The van der Waals surface area contributed by atoms with Crippen LogP contribution in [0.15, 0.2) is 0 Å². The zero-order chi connectivity index (χ0) is 11.1. The quantitative estimate of drug-likeness (QED) is 0.681. The predicted octanol–water partition coefficient (Wildman–Crippen LogP) is 1.73. The van der Waals surface area contributed by atoms with Gasteiger partial charge in [0.05, 0.1) is 11.0 Å². The lowest BCUT2D eigenvalue weighted by Crippen LogP contribution is -2.24. The van der Waals surface area contributed by atoms with E-state index in [4.69, 9.17) is 0 Å². The molecule has 0 saturated heterocycles. The van der Waals surface area contributed by atoms with Gasteiger partial charge in [-0.15, -0.1) is 0 Å². The summed E-state index contributed by atoms with van der Waals surface area (Å²) in [6.45, 7) is 3.94. The summed E-state index contributed by atoms with van der Waals surface area (Å²) in [5, 5.41) is 3.21. The summed E-state index contributed by atoms with van der Waals surface area (Å²) in [6, 6.07) is 0. The topological polar surface area (TPSA) is 46.2 Å². The van der Waals surface area contributed by atoms with Gasteiger partial charge in [0.15, 0.2) is 9.84 Å². The monoisotopic (exact) mass is 233 g/mol. The van der Waals surface area contributed by atoms with Crippen molar-refractivity contribution in [2.45, 2.75) is 50.7 Å². The fourth-order valence-corrected chi connectivity index (χ4v) is 4.05. The Labute approximate surface area is 93.6 Å². The average Bonchev–Trinajstić information content (AvgIpc) is 2.70. The van der Waals surface area contributed by atoms with Crippen LogP contribution in [-0.4, -0.2) is 32.5 Å². The molecular weight excluding hydrogens is 210 g/mol. The maximum Gasteiger partial charge on any atom is 0.153 e. The Morgan fingerprint density at radius 2 is 1.87 bits per heavy atom. The second kappa shape index (κ2) is 6.48. The SMILES string of the molecule is CCCNCCCS(=O)(=O)C1CCCC1. The van der Waals surface area contributed by atoms with Crippen LogP contribution >= 0.6 is 0 Å². The third-order valence-electron chi connectivity index (χ3n) is 3.02. The van der Waals surface area contributed by atoms with Crippen LogP contribution < -0.4 is 5.32 Å². The van der Waals surface area contributed by atoms with Crippen LogP contribution in [0.4, 0.5) is 0 Å². The highest BCUT2D eigenvalue weighted by molar-refractivity contribution is 7.92. The highest BCUT2D eigenvalue weighted by Crippen LogP contribution is 2.25. The van der Waals surface area contributed by atoms with Crippen LogP contribution in [0.3, 0.4) is 0 Å². The molecule has 0 aromatic carbocycles. The second-order valence-corrected chi connectivity index (χ2v) is 6.78. The van der Waals surface area contributed by atoms with Gasteiger partial charge >= 0.3 is 0 Å². The van der Waals surface area contributed by atoms with Gasteiger partial charge in [-0.1, -0.05) is 19.8 Å². The molecule has 0 unspecified atom stereocenters. The van der Waals surface area contributed by atoms with E-state index in [0.717, 1.165) is 51.6 Å². The first-order valence-corrected chi connectivity index (χ1v) is 7.80. The summed E-state index contributed by atoms with van der Waals surface area (Å²) in [5.74, 6) is 0.369. The Kier molecular flexibility index (Phi) is 5.61. The summed E-state index contributed by atoms with van der Waals surface area (Å²) in [5.41, 5.74) is 0. The lowest BCUT2D eigenvalue weighted by molar-refractivity contribution is 0.573. The van der Waals surface area contributed by atoms with Crippen LogP contribution in [0.25, 0.3) is 0 Å². The molecule has 0 spiro atoms. The zero-order valence-electron chi connectivity index (χ0n) is 9.67. The number of hydrogen-bond donors (Lipinski definition) is 1. The van der Waals surface area contributed by atoms with Crippen LogP contribution in [0.1, 0.15) is 45.4 Å². The smallest absolute Gasteiger partial charge is 0.153 e. The first-order chi connectivity index (χ1) is 7.17. The van der Waals surface area contributed by atoms with E-state index in [-0.39, 0.29) is 5.25 Å². The van der Waals surface area contributed by atoms with Gasteiger partial charge in [0.2, 0.25) is 0 Å². The molecule has 1 N–H and O–H groups in total. The molecule has 15 heavy (non-hydrogen) atoms. The molecule has 0 aromatic heterocycles. The van der Waals surface area contributed by atoms with Gasteiger partial charge in [-0.25, -0.2) is 8.42 Å². The molecule has 1 aliphatic carbocycles. The second-order valence-electron chi connectivity index (χ2n) is 4.38. The van der Waals surface area contributed by atoms with Crippen molar-refractivity contribution in [1.82, 2.24) is 5.32 Å². The Bertz CT molecular complexity index is 256. The Morgan fingerprint density at radius 1 is 1.20 bits per heavy atom. The standard InChI is InChI=1S/C11H23NO2S/c1-2-8-12-9-5-10-15(13,14)11-6-3-4-7-11/h11-12H,2-10H2,1H3. The number of rotatable bonds is 7. The van der Waals surface area contributed by atoms with E-state index in [1.165, 1.54) is 0 Å². The lowest BCUT2D eigenvalue weighted by atomic mass is 10.4. The average molecular weight is 233 g/mol. The lowest BCUT2D eigenvalue weighted by Gasteiger charge is -2.10. The molecule has 0 heterocycles. The normalized spacial score (nSPS) is 18.5. The predicted molar refractivity (Wildman–Crippen MR) is 63.8 cm³/mol. The van der Waals surface area contributed by atoms with Gasteiger partial charge in [-0.05, 0) is 38.8 Å². The van der Waals surface area contributed by atoms with Gasteiger partial charge < -0.3 is 5.32 Å². The molecule has 90 valence electrons. The van der Waals surface area contributed by atoms with E-state index < -0.39 is 9.84 Å².